The van der Waals surface area contributed by atoms with Crippen LogP contribution in [0.25, 0.3) is 0 Å². The van der Waals surface area contributed by atoms with Crippen molar-refractivity contribution in [2.24, 2.45) is 0 Å². The molecule has 0 aliphatic rings. The van der Waals surface area contributed by atoms with Crippen molar-refractivity contribution in [3.63, 3.8) is 0 Å². The summed E-state index contributed by atoms with van der Waals surface area (Å²) in [4.78, 5) is 18.8. The fourth-order valence-electron chi connectivity index (χ4n) is 2.39. The van der Waals surface area contributed by atoms with Gasteiger partial charge in [-0.3, -0.25) is 0 Å². The van der Waals surface area contributed by atoms with Crippen molar-refractivity contribution < 1.29 is 23.1 Å². The molecule has 0 saturated heterocycles. The lowest BCUT2D eigenvalue weighted by molar-refractivity contribution is -0.136. The van der Waals surface area contributed by atoms with Crippen LogP contribution in [-0.2, 0) is 6.18 Å². The van der Waals surface area contributed by atoms with Crippen molar-refractivity contribution in [3.8, 4) is 0 Å². The van der Waals surface area contributed by atoms with Gasteiger partial charge in [0, 0.05) is 5.69 Å². The summed E-state index contributed by atoms with van der Waals surface area (Å²) in [5.74, 6) is -0.913. The third-order valence-electron chi connectivity index (χ3n) is 3.76. The zero-order valence-corrected chi connectivity index (χ0v) is 14.2. The third kappa shape index (κ3) is 4.11. The van der Waals surface area contributed by atoms with E-state index in [0.29, 0.717) is 5.69 Å². The van der Waals surface area contributed by atoms with Crippen molar-refractivity contribution in [3.05, 3.63) is 66.0 Å². The topological polar surface area (TPSA) is 113 Å². The molecule has 0 unspecified atom stereocenters. The van der Waals surface area contributed by atoms with Crippen LogP contribution in [0.3, 0.4) is 0 Å². The van der Waals surface area contributed by atoms with E-state index in [-0.39, 0.29) is 28.6 Å². The number of hydrogen-bond donors (Lipinski definition) is 4. The lowest BCUT2D eigenvalue weighted by Crippen LogP contribution is -2.10. The number of carboxylic acids is 1. The lowest BCUT2D eigenvalue weighted by Gasteiger charge is -2.16. The molecule has 2 aromatic carbocycles. The maximum Gasteiger partial charge on any atom is 0.418 e. The molecule has 0 saturated carbocycles. The van der Waals surface area contributed by atoms with Crippen LogP contribution in [-0.4, -0.2) is 21.0 Å². The van der Waals surface area contributed by atoms with Crippen molar-refractivity contribution in [1.29, 1.82) is 0 Å². The quantitative estimate of drug-likeness (QED) is 0.516. The predicted octanol–water partition coefficient (Wildman–Crippen LogP) is 4.26. The van der Waals surface area contributed by atoms with Gasteiger partial charge in [-0.05, 0) is 36.4 Å². The molecule has 7 nitrogen and oxygen atoms in total. The Hall–Kier alpha value is -3.82. The number of rotatable bonds is 5. The van der Waals surface area contributed by atoms with Crippen LogP contribution in [0.2, 0.25) is 0 Å². The molecule has 0 fully saturated rings. The Bertz CT molecular complexity index is 1010. The molecule has 0 atom stereocenters. The molecule has 0 aliphatic heterocycles. The number of nitrogen functional groups attached to an aromatic ring is 1. The Morgan fingerprint density at radius 3 is 2.18 bits per heavy atom. The molecule has 0 bridgehead atoms. The van der Waals surface area contributed by atoms with Gasteiger partial charge >= 0.3 is 12.1 Å². The second-order valence-corrected chi connectivity index (χ2v) is 5.66. The highest BCUT2D eigenvalue weighted by Gasteiger charge is 2.33. The van der Waals surface area contributed by atoms with Gasteiger partial charge in [0.2, 0.25) is 0 Å². The first-order valence-electron chi connectivity index (χ1n) is 7.90. The molecule has 144 valence electrons. The standard InChI is InChI=1S/C18H14F3N5O2/c19-18(20,21)12-3-1-2-4-13(12)26-16-14(22)15(23-9-24-16)25-11-7-5-10(6-8-11)17(27)28/h1-9H,22H2,(H,27,28)(H2,23,24,25,26). The first-order valence-corrected chi connectivity index (χ1v) is 7.90. The first kappa shape index (κ1) is 19.0. The lowest BCUT2D eigenvalue weighted by atomic mass is 10.1. The number of carbonyl (C=O) groups is 1. The smallest absolute Gasteiger partial charge is 0.418 e. The van der Waals surface area contributed by atoms with Crippen molar-refractivity contribution in [2.75, 3.05) is 16.4 Å². The molecule has 5 N–H and O–H groups in total. The molecule has 1 aromatic heterocycles. The second kappa shape index (κ2) is 7.43. The molecule has 28 heavy (non-hydrogen) atoms. The maximum atomic E-state index is 13.1. The van der Waals surface area contributed by atoms with Gasteiger partial charge in [0.05, 0.1) is 16.8 Å². The van der Waals surface area contributed by atoms with Gasteiger partial charge in [0.25, 0.3) is 0 Å². The van der Waals surface area contributed by atoms with Gasteiger partial charge in [-0.15, -0.1) is 0 Å². The largest absolute Gasteiger partial charge is 0.478 e. The maximum absolute atomic E-state index is 13.1. The number of hydrogen-bond acceptors (Lipinski definition) is 6. The number of nitrogens with two attached hydrogens (primary N) is 1. The average Bonchev–Trinajstić information content (AvgIpc) is 2.65. The van der Waals surface area contributed by atoms with E-state index in [0.717, 1.165) is 12.4 Å². The minimum atomic E-state index is -4.54. The average molecular weight is 389 g/mol. The van der Waals surface area contributed by atoms with Crippen LogP contribution >= 0.6 is 0 Å². The van der Waals surface area contributed by atoms with Crippen LogP contribution in [0.4, 0.5) is 41.9 Å². The molecular weight excluding hydrogens is 375 g/mol. The van der Waals surface area contributed by atoms with Gasteiger partial charge in [0.15, 0.2) is 11.6 Å². The van der Waals surface area contributed by atoms with E-state index < -0.39 is 17.7 Å². The van der Waals surface area contributed by atoms with E-state index in [1.165, 1.54) is 42.5 Å². The minimum absolute atomic E-state index is 0.00166. The minimum Gasteiger partial charge on any atom is -0.478 e. The van der Waals surface area contributed by atoms with E-state index >= 15 is 0 Å². The Kier molecular flexibility index (Phi) is 5.03. The predicted molar refractivity (Wildman–Crippen MR) is 97.9 cm³/mol. The fraction of sp³-hybridized carbons (Fsp3) is 0.0556. The van der Waals surface area contributed by atoms with Gasteiger partial charge < -0.3 is 21.5 Å². The van der Waals surface area contributed by atoms with E-state index in [1.54, 1.807) is 0 Å². The molecular formula is C18H14F3N5O2. The first-order chi connectivity index (χ1) is 13.3. The van der Waals surface area contributed by atoms with Crippen molar-refractivity contribution in [1.82, 2.24) is 9.97 Å². The molecule has 10 heteroatoms. The number of halogens is 3. The molecule has 1 heterocycles. The summed E-state index contributed by atoms with van der Waals surface area (Å²) in [6.45, 7) is 0. The number of aromatic nitrogens is 2. The Morgan fingerprint density at radius 2 is 1.57 bits per heavy atom. The summed E-state index contributed by atoms with van der Waals surface area (Å²) in [5.41, 5.74) is 5.54. The highest BCUT2D eigenvalue weighted by atomic mass is 19.4. The molecule has 3 rings (SSSR count). The number of nitrogens with one attached hydrogen (secondary N) is 2. The van der Waals surface area contributed by atoms with Crippen LogP contribution in [0.5, 0.6) is 0 Å². The summed E-state index contributed by atoms with van der Waals surface area (Å²) in [7, 11) is 0. The summed E-state index contributed by atoms with van der Waals surface area (Å²) in [6, 6.07) is 10.8. The summed E-state index contributed by atoms with van der Waals surface area (Å²) < 4.78 is 39.4. The van der Waals surface area contributed by atoms with Crippen LogP contribution in [0, 0.1) is 0 Å². The number of carboxylic acid groups (broad SMARTS) is 1. The van der Waals surface area contributed by atoms with Crippen LogP contribution < -0.4 is 16.4 Å². The van der Waals surface area contributed by atoms with E-state index in [2.05, 4.69) is 20.6 Å². The van der Waals surface area contributed by atoms with Gasteiger partial charge in [-0.2, -0.15) is 13.2 Å². The zero-order valence-electron chi connectivity index (χ0n) is 14.2. The normalized spacial score (nSPS) is 11.1. The molecule has 0 radical (unpaired) electrons. The third-order valence-corrected chi connectivity index (χ3v) is 3.76. The van der Waals surface area contributed by atoms with E-state index in [4.69, 9.17) is 10.8 Å². The van der Waals surface area contributed by atoms with Gasteiger partial charge in [0.1, 0.15) is 12.0 Å². The molecule has 0 aliphatic carbocycles. The number of para-hydroxylation sites is 1. The van der Waals surface area contributed by atoms with Gasteiger partial charge in [-0.25, -0.2) is 14.8 Å². The number of anilines is 5. The van der Waals surface area contributed by atoms with E-state index in [9.17, 15) is 18.0 Å². The van der Waals surface area contributed by atoms with E-state index in [1.807, 2.05) is 0 Å². The van der Waals surface area contributed by atoms with Crippen molar-refractivity contribution >= 4 is 34.7 Å². The number of nitrogens with zero attached hydrogens (tertiary/aromatic N) is 2. The molecule has 3 aromatic rings. The number of alkyl halides is 3. The second-order valence-electron chi connectivity index (χ2n) is 5.66. The van der Waals surface area contributed by atoms with Crippen LogP contribution in [0.1, 0.15) is 15.9 Å². The summed E-state index contributed by atoms with van der Waals surface area (Å²) >= 11 is 0. The SMILES string of the molecule is Nc1c(Nc2ccc(C(=O)O)cc2)ncnc1Nc1ccccc1C(F)(F)F. The highest BCUT2D eigenvalue weighted by Crippen LogP contribution is 2.37. The van der Waals surface area contributed by atoms with Crippen LogP contribution in [0.15, 0.2) is 54.9 Å². The Balaban J connectivity index is 1.87. The monoisotopic (exact) mass is 389 g/mol. The molecule has 0 spiro atoms. The summed E-state index contributed by atoms with van der Waals surface area (Å²) in [6.07, 6.45) is -3.40. The molecule has 0 amide bonds. The fourth-order valence-corrected chi connectivity index (χ4v) is 2.39. The highest BCUT2D eigenvalue weighted by molar-refractivity contribution is 5.88. The summed E-state index contributed by atoms with van der Waals surface area (Å²) in [5, 5.41) is 14.4. The van der Waals surface area contributed by atoms with Crippen molar-refractivity contribution in [2.45, 2.75) is 6.18 Å². The van der Waals surface area contributed by atoms with Gasteiger partial charge in [-0.1, -0.05) is 12.1 Å². The zero-order chi connectivity index (χ0) is 20.3. The number of benzene rings is 2. The Labute approximate surface area is 157 Å². The number of aromatic carboxylic acids is 1. The Morgan fingerprint density at radius 1 is 0.964 bits per heavy atom.